The Morgan fingerprint density at radius 3 is 2.49 bits per heavy atom. The van der Waals surface area contributed by atoms with Crippen molar-refractivity contribution >= 4 is 11.8 Å². The summed E-state index contributed by atoms with van der Waals surface area (Å²) in [4.78, 5) is 34.3. The molecule has 2 amide bonds. The van der Waals surface area contributed by atoms with E-state index >= 15 is 0 Å². The first kappa shape index (κ1) is 31.9. The first-order chi connectivity index (χ1) is 22.2. The number of aliphatic hydroxyl groups is 1. The minimum atomic E-state index is -4.68. The Morgan fingerprint density at radius 2 is 1.83 bits per heavy atom. The Labute approximate surface area is 266 Å². The molecular formula is C34H30F4N4O5. The lowest BCUT2D eigenvalue weighted by Gasteiger charge is -2.26. The van der Waals surface area contributed by atoms with Gasteiger partial charge in [-0.25, -0.2) is 9.37 Å². The number of alkyl halides is 3. The quantitative estimate of drug-likeness (QED) is 0.210. The number of pyridine rings is 2. The van der Waals surface area contributed by atoms with Gasteiger partial charge in [-0.05, 0) is 81.3 Å². The summed E-state index contributed by atoms with van der Waals surface area (Å²) < 4.78 is 67.1. The van der Waals surface area contributed by atoms with Crippen LogP contribution >= 0.6 is 0 Å². The molecule has 1 aliphatic heterocycles. The molecule has 1 aliphatic carbocycles. The predicted molar refractivity (Wildman–Crippen MR) is 162 cm³/mol. The monoisotopic (exact) mass is 650 g/mol. The number of aromatic nitrogens is 2. The van der Waals surface area contributed by atoms with E-state index in [9.17, 15) is 32.3 Å². The normalized spacial score (nSPS) is 18.5. The smallest absolute Gasteiger partial charge is 0.417 e. The van der Waals surface area contributed by atoms with Gasteiger partial charge in [-0.1, -0.05) is 0 Å². The summed E-state index contributed by atoms with van der Waals surface area (Å²) >= 11 is 0. The average Bonchev–Trinajstić information content (AvgIpc) is 3.79. The van der Waals surface area contributed by atoms with Crippen LogP contribution in [0.5, 0.6) is 11.5 Å². The Bertz CT molecular complexity index is 1880. The fourth-order valence-corrected chi connectivity index (χ4v) is 5.32. The number of nitrogens with one attached hydrogen (secondary N) is 1. The maximum absolute atomic E-state index is 13.9. The van der Waals surface area contributed by atoms with Crippen LogP contribution in [0.4, 0.5) is 17.6 Å². The largest absolute Gasteiger partial charge is 0.490 e. The number of amides is 2. The molecule has 0 spiro atoms. The lowest BCUT2D eigenvalue weighted by molar-refractivity contribution is -0.137. The van der Waals surface area contributed by atoms with Gasteiger partial charge >= 0.3 is 6.18 Å². The average molecular weight is 651 g/mol. The third-order valence-corrected chi connectivity index (χ3v) is 8.36. The predicted octanol–water partition coefficient (Wildman–Crippen LogP) is 5.28. The molecule has 0 bridgehead atoms. The van der Waals surface area contributed by atoms with Gasteiger partial charge in [0, 0.05) is 40.2 Å². The van der Waals surface area contributed by atoms with Crippen LogP contribution in [0.3, 0.4) is 0 Å². The number of hydrogen-bond acceptors (Lipinski definition) is 7. The third-order valence-electron chi connectivity index (χ3n) is 8.36. The second-order valence-electron chi connectivity index (χ2n) is 12.1. The van der Waals surface area contributed by atoms with Gasteiger partial charge in [0.25, 0.3) is 5.91 Å². The van der Waals surface area contributed by atoms with Crippen molar-refractivity contribution in [1.82, 2.24) is 15.3 Å². The number of benzene rings is 2. The zero-order chi connectivity index (χ0) is 33.7. The van der Waals surface area contributed by atoms with E-state index in [-0.39, 0.29) is 58.8 Å². The molecule has 2 aliphatic rings. The Kier molecular flexibility index (Phi) is 7.91. The minimum Gasteiger partial charge on any atom is -0.490 e. The van der Waals surface area contributed by atoms with E-state index in [1.165, 1.54) is 55.5 Å². The van der Waals surface area contributed by atoms with Crippen molar-refractivity contribution in [2.24, 2.45) is 5.73 Å². The third kappa shape index (κ3) is 6.22. The molecule has 2 atom stereocenters. The molecule has 0 saturated heterocycles. The van der Waals surface area contributed by atoms with E-state index in [2.05, 4.69) is 15.3 Å². The topological polar surface area (TPSA) is 137 Å². The fraction of sp³-hybridized carbons (Fsp3) is 0.294. The molecule has 4 N–H and O–H groups in total. The number of nitrogens with two attached hydrogens (primary N) is 1. The number of rotatable bonds is 9. The number of fused-ring (bicyclic) bond motifs is 1. The van der Waals surface area contributed by atoms with Crippen molar-refractivity contribution in [1.29, 1.82) is 0 Å². The summed E-state index contributed by atoms with van der Waals surface area (Å²) in [6.07, 6.45) is -1.17. The molecule has 2 aromatic heterocycles. The van der Waals surface area contributed by atoms with Gasteiger partial charge < -0.3 is 25.6 Å². The van der Waals surface area contributed by atoms with Crippen molar-refractivity contribution in [3.8, 4) is 33.9 Å². The molecule has 47 heavy (non-hydrogen) atoms. The molecule has 9 nitrogen and oxygen atoms in total. The molecule has 1 saturated carbocycles. The number of hydrogen-bond donors (Lipinski definition) is 3. The molecule has 1 fully saturated rings. The van der Waals surface area contributed by atoms with E-state index in [1.54, 1.807) is 6.92 Å². The van der Waals surface area contributed by atoms with Gasteiger partial charge in [0.15, 0.2) is 0 Å². The van der Waals surface area contributed by atoms with Gasteiger partial charge in [-0.15, -0.1) is 0 Å². The highest BCUT2D eigenvalue weighted by Gasteiger charge is 2.45. The molecule has 4 aromatic rings. The van der Waals surface area contributed by atoms with Gasteiger partial charge in [-0.2, -0.15) is 13.2 Å². The van der Waals surface area contributed by atoms with Gasteiger partial charge in [0.2, 0.25) is 5.91 Å². The van der Waals surface area contributed by atoms with Crippen LogP contribution in [0.15, 0.2) is 67.0 Å². The number of ether oxygens (including phenoxy) is 2. The molecule has 2 aromatic carbocycles. The van der Waals surface area contributed by atoms with Crippen LogP contribution in [0.1, 0.15) is 53.9 Å². The van der Waals surface area contributed by atoms with Gasteiger partial charge in [0.1, 0.15) is 40.6 Å². The molecule has 0 radical (unpaired) electrons. The highest BCUT2D eigenvalue weighted by molar-refractivity contribution is 5.96. The van der Waals surface area contributed by atoms with Crippen LogP contribution < -0.4 is 20.5 Å². The molecule has 244 valence electrons. The Balaban J connectivity index is 1.32. The van der Waals surface area contributed by atoms with Crippen molar-refractivity contribution in [2.75, 3.05) is 13.2 Å². The lowest BCUT2D eigenvalue weighted by Crippen LogP contribution is -2.41. The SMILES string of the molecule is C[C@](O)(CNC(=O)c1ccc(OC2CC2)c(-c2cnccc2C(F)(F)F)c1)c1cc2c(c(-c3ccc(F)cc3)n1)OC[C@]2(C)C(N)=O. The molecule has 6 rings (SSSR count). The number of halogens is 4. The van der Waals surface area contributed by atoms with Crippen molar-refractivity contribution in [3.05, 3.63) is 95.2 Å². The molecular weight excluding hydrogens is 620 g/mol. The molecule has 13 heteroatoms. The van der Waals surface area contributed by atoms with E-state index in [0.717, 1.165) is 31.3 Å². The van der Waals surface area contributed by atoms with Crippen molar-refractivity contribution in [3.63, 3.8) is 0 Å². The lowest BCUT2D eigenvalue weighted by atomic mass is 9.82. The van der Waals surface area contributed by atoms with Crippen LogP contribution in [0, 0.1) is 5.82 Å². The number of primary amides is 1. The zero-order valence-electron chi connectivity index (χ0n) is 25.3. The Morgan fingerprint density at radius 1 is 1.11 bits per heavy atom. The first-order valence-electron chi connectivity index (χ1n) is 14.7. The van der Waals surface area contributed by atoms with Crippen LogP contribution in [0.25, 0.3) is 22.4 Å². The zero-order valence-corrected chi connectivity index (χ0v) is 25.3. The molecule has 0 unspecified atom stereocenters. The standard InChI is InChI=1S/C34H30F4N4O5/c1-32(31(39)44)17-46-29-25(32)14-27(42-28(29)18-3-6-20(35)7-4-18)33(2,45)16-41-30(43)19-5-10-26(47-21-8-9-21)22(13-19)23-15-40-12-11-24(23)34(36,37)38/h3-7,10-15,21,45H,8-9,16-17H2,1-2H3,(H2,39,44)(H,41,43)/t32-,33-/m0/s1. The van der Waals surface area contributed by atoms with E-state index in [1.807, 2.05) is 0 Å². The minimum absolute atomic E-state index is 0.0135. The second-order valence-corrected chi connectivity index (χ2v) is 12.1. The summed E-state index contributed by atoms with van der Waals surface area (Å²) in [5, 5.41) is 14.2. The summed E-state index contributed by atoms with van der Waals surface area (Å²) in [6, 6.07) is 11.9. The summed E-state index contributed by atoms with van der Waals surface area (Å²) in [5.74, 6) is -1.39. The molecule has 3 heterocycles. The van der Waals surface area contributed by atoms with Crippen LogP contribution in [-0.2, 0) is 22.0 Å². The van der Waals surface area contributed by atoms with Gasteiger partial charge in [-0.3, -0.25) is 14.6 Å². The highest BCUT2D eigenvalue weighted by Crippen LogP contribution is 2.46. The maximum atomic E-state index is 13.9. The summed E-state index contributed by atoms with van der Waals surface area (Å²) in [6.45, 7) is 2.53. The highest BCUT2D eigenvalue weighted by atomic mass is 19.4. The van der Waals surface area contributed by atoms with E-state index in [4.69, 9.17) is 15.2 Å². The van der Waals surface area contributed by atoms with Crippen molar-refractivity contribution in [2.45, 2.75) is 50.0 Å². The van der Waals surface area contributed by atoms with E-state index < -0.39 is 40.4 Å². The summed E-state index contributed by atoms with van der Waals surface area (Å²) in [5.41, 5.74) is 2.64. The number of carbonyl (C=O) groups is 2. The van der Waals surface area contributed by atoms with Gasteiger partial charge in [0.05, 0.1) is 23.9 Å². The maximum Gasteiger partial charge on any atom is 0.417 e. The Hall–Kier alpha value is -5.04. The van der Waals surface area contributed by atoms with E-state index in [0.29, 0.717) is 11.1 Å². The second kappa shape index (κ2) is 11.6. The first-order valence-corrected chi connectivity index (χ1v) is 14.7. The number of carbonyl (C=O) groups excluding carboxylic acids is 2. The summed E-state index contributed by atoms with van der Waals surface area (Å²) in [7, 11) is 0. The fourth-order valence-electron chi connectivity index (χ4n) is 5.32. The van der Waals surface area contributed by atoms with Crippen molar-refractivity contribution < 1.29 is 41.7 Å². The van der Waals surface area contributed by atoms with Crippen LogP contribution in [0.2, 0.25) is 0 Å². The number of nitrogens with zero attached hydrogens (tertiary/aromatic N) is 2. The van der Waals surface area contributed by atoms with Crippen LogP contribution in [-0.4, -0.2) is 46.1 Å².